The lowest BCUT2D eigenvalue weighted by Gasteiger charge is -2.14. The first-order valence-electron chi connectivity index (χ1n) is 5.77. The fourth-order valence-electron chi connectivity index (χ4n) is 1.62. The van der Waals surface area contributed by atoms with E-state index in [9.17, 15) is 20.0 Å². The molecule has 0 atom stereocenters. The SMILES string of the molecule is CCC(CC)NC(=O)c1cc(O)ccc1[N+](=O)[O-]. The van der Waals surface area contributed by atoms with Crippen molar-refractivity contribution in [2.24, 2.45) is 0 Å². The van der Waals surface area contributed by atoms with Crippen LogP contribution in [-0.2, 0) is 0 Å². The zero-order valence-electron chi connectivity index (χ0n) is 10.3. The van der Waals surface area contributed by atoms with Gasteiger partial charge >= 0.3 is 0 Å². The number of rotatable bonds is 5. The molecule has 0 saturated carbocycles. The molecule has 0 bridgehead atoms. The highest BCUT2D eigenvalue weighted by molar-refractivity contribution is 5.98. The Labute approximate surface area is 105 Å². The second kappa shape index (κ2) is 6.00. The van der Waals surface area contributed by atoms with Gasteiger partial charge in [0.25, 0.3) is 11.6 Å². The van der Waals surface area contributed by atoms with Gasteiger partial charge in [0.2, 0.25) is 0 Å². The molecule has 1 amide bonds. The second-order valence-electron chi connectivity index (χ2n) is 3.95. The molecule has 98 valence electrons. The van der Waals surface area contributed by atoms with E-state index in [0.29, 0.717) is 0 Å². The molecule has 0 fully saturated rings. The van der Waals surface area contributed by atoms with E-state index in [1.807, 2.05) is 13.8 Å². The standard InChI is InChI=1S/C12H16N2O4/c1-3-8(4-2)13-12(16)10-7-9(15)5-6-11(10)14(17)18/h5-8,15H,3-4H2,1-2H3,(H,13,16). The smallest absolute Gasteiger partial charge is 0.282 e. The summed E-state index contributed by atoms with van der Waals surface area (Å²) in [5, 5.41) is 22.8. The van der Waals surface area contributed by atoms with Crippen LogP contribution in [0.3, 0.4) is 0 Å². The number of carbonyl (C=O) groups excluding carboxylic acids is 1. The zero-order chi connectivity index (χ0) is 13.7. The van der Waals surface area contributed by atoms with Crippen molar-refractivity contribution in [3.8, 4) is 5.75 Å². The highest BCUT2D eigenvalue weighted by Gasteiger charge is 2.21. The lowest BCUT2D eigenvalue weighted by atomic mass is 10.1. The van der Waals surface area contributed by atoms with Gasteiger partial charge in [-0.1, -0.05) is 13.8 Å². The monoisotopic (exact) mass is 252 g/mol. The molecule has 0 aliphatic carbocycles. The summed E-state index contributed by atoms with van der Waals surface area (Å²) in [6.07, 6.45) is 1.49. The lowest BCUT2D eigenvalue weighted by Crippen LogP contribution is -2.34. The van der Waals surface area contributed by atoms with Crippen molar-refractivity contribution in [3.05, 3.63) is 33.9 Å². The first-order valence-corrected chi connectivity index (χ1v) is 5.77. The minimum Gasteiger partial charge on any atom is -0.508 e. The van der Waals surface area contributed by atoms with Crippen LogP contribution < -0.4 is 5.32 Å². The van der Waals surface area contributed by atoms with Crippen LogP contribution in [0, 0.1) is 10.1 Å². The van der Waals surface area contributed by atoms with Crippen LogP contribution in [0.25, 0.3) is 0 Å². The number of nitrogens with one attached hydrogen (secondary N) is 1. The van der Waals surface area contributed by atoms with E-state index >= 15 is 0 Å². The number of hydrogen-bond donors (Lipinski definition) is 2. The topological polar surface area (TPSA) is 92.5 Å². The first-order chi connectivity index (χ1) is 8.49. The van der Waals surface area contributed by atoms with Gasteiger partial charge in [0.1, 0.15) is 11.3 Å². The van der Waals surface area contributed by atoms with Gasteiger partial charge in [0, 0.05) is 12.1 Å². The fraction of sp³-hybridized carbons (Fsp3) is 0.417. The van der Waals surface area contributed by atoms with Gasteiger partial charge in [-0.25, -0.2) is 0 Å². The molecule has 0 aromatic heterocycles. The number of nitrogens with zero attached hydrogens (tertiary/aromatic N) is 1. The molecule has 0 unspecified atom stereocenters. The van der Waals surface area contributed by atoms with E-state index in [0.717, 1.165) is 25.0 Å². The minimum absolute atomic E-state index is 0.0283. The van der Waals surface area contributed by atoms with Gasteiger partial charge in [-0.15, -0.1) is 0 Å². The number of carbonyl (C=O) groups is 1. The molecule has 0 saturated heterocycles. The average molecular weight is 252 g/mol. The summed E-state index contributed by atoms with van der Waals surface area (Å²) in [7, 11) is 0. The summed E-state index contributed by atoms with van der Waals surface area (Å²) < 4.78 is 0. The van der Waals surface area contributed by atoms with Gasteiger partial charge in [-0.3, -0.25) is 14.9 Å². The highest BCUT2D eigenvalue weighted by Crippen LogP contribution is 2.23. The minimum atomic E-state index is -0.638. The predicted molar refractivity (Wildman–Crippen MR) is 66.6 cm³/mol. The Morgan fingerprint density at radius 1 is 1.44 bits per heavy atom. The lowest BCUT2D eigenvalue weighted by molar-refractivity contribution is -0.385. The quantitative estimate of drug-likeness (QED) is 0.620. The Balaban J connectivity index is 3.03. The van der Waals surface area contributed by atoms with E-state index in [-0.39, 0.29) is 23.0 Å². The summed E-state index contributed by atoms with van der Waals surface area (Å²) in [5.41, 5.74) is -0.428. The molecule has 2 N–H and O–H groups in total. The molecule has 0 spiro atoms. The molecule has 1 aromatic carbocycles. The van der Waals surface area contributed by atoms with Gasteiger partial charge in [-0.2, -0.15) is 0 Å². The Hall–Kier alpha value is -2.11. The summed E-state index contributed by atoms with van der Waals surface area (Å²) in [6.45, 7) is 3.84. The number of amides is 1. The molecular weight excluding hydrogens is 236 g/mol. The summed E-state index contributed by atoms with van der Waals surface area (Å²) in [4.78, 5) is 22.1. The number of benzene rings is 1. The molecule has 6 nitrogen and oxygen atoms in total. The van der Waals surface area contributed by atoms with Crippen LogP contribution >= 0.6 is 0 Å². The molecular formula is C12H16N2O4. The third kappa shape index (κ3) is 3.19. The molecule has 6 heteroatoms. The van der Waals surface area contributed by atoms with Crippen molar-refractivity contribution >= 4 is 11.6 Å². The molecule has 0 radical (unpaired) electrons. The van der Waals surface area contributed by atoms with Crippen LogP contribution in [0.15, 0.2) is 18.2 Å². The number of hydrogen-bond acceptors (Lipinski definition) is 4. The fourth-order valence-corrected chi connectivity index (χ4v) is 1.62. The molecule has 1 aromatic rings. The third-order valence-corrected chi connectivity index (χ3v) is 2.74. The van der Waals surface area contributed by atoms with Crippen molar-refractivity contribution in [3.63, 3.8) is 0 Å². The Morgan fingerprint density at radius 3 is 2.56 bits per heavy atom. The number of nitro benzene ring substituents is 1. The molecule has 0 aliphatic heterocycles. The van der Waals surface area contributed by atoms with Gasteiger partial charge in [0.15, 0.2) is 0 Å². The van der Waals surface area contributed by atoms with Gasteiger partial charge in [0.05, 0.1) is 4.92 Å². The van der Waals surface area contributed by atoms with Crippen molar-refractivity contribution in [2.75, 3.05) is 0 Å². The van der Waals surface area contributed by atoms with Crippen LogP contribution in [0.4, 0.5) is 5.69 Å². The van der Waals surface area contributed by atoms with Gasteiger partial charge < -0.3 is 10.4 Å². The first kappa shape index (κ1) is 14.0. The number of phenolic OH excluding ortho intramolecular Hbond substituents is 1. The van der Waals surface area contributed by atoms with Crippen LogP contribution in [0.1, 0.15) is 37.0 Å². The summed E-state index contributed by atoms with van der Waals surface area (Å²) in [5.74, 6) is -0.707. The molecule has 1 rings (SSSR count). The highest BCUT2D eigenvalue weighted by atomic mass is 16.6. The summed E-state index contributed by atoms with van der Waals surface area (Å²) in [6, 6.07) is 3.39. The van der Waals surface area contributed by atoms with Crippen molar-refractivity contribution in [1.29, 1.82) is 0 Å². The number of phenols is 1. The number of aromatic hydroxyl groups is 1. The van der Waals surface area contributed by atoms with E-state index in [4.69, 9.17) is 0 Å². The largest absolute Gasteiger partial charge is 0.508 e. The Morgan fingerprint density at radius 2 is 2.06 bits per heavy atom. The number of nitro groups is 1. The normalized spacial score (nSPS) is 10.4. The maximum atomic E-state index is 11.9. The maximum Gasteiger partial charge on any atom is 0.282 e. The van der Waals surface area contributed by atoms with Crippen molar-refractivity contribution in [2.45, 2.75) is 32.7 Å². The molecule has 0 aliphatic rings. The average Bonchev–Trinajstić information content (AvgIpc) is 2.35. The van der Waals surface area contributed by atoms with E-state index in [1.165, 1.54) is 6.07 Å². The molecule has 0 heterocycles. The Bertz CT molecular complexity index is 455. The van der Waals surface area contributed by atoms with Crippen molar-refractivity contribution < 1.29 is 14.8 Å². The van der Waals surface area contributed by atoms with E-state index in [2.05, 4.69) is 5.32 Å². The van der Waals surface area contributed by atoms with E-state index < -0.39 is 10.8 Å². The summed E-state index contributed by atoms with van der Waals surface area (Å²) >= 11 is 0. The predicted octanol–water partition coefficient (Wildman–Crippen LogP) is 2.22. The van der Waals surface area contributed by atoms with Crippen LogP contribution in [0.5, 0.6) is 5.75 Å². The molecule has 18 heavy (non-hydrogen) atoms. The van der Waals surface area contributed by atoms with Crippen LogP contribution in [-0.4, -0.2) is 22.0 Å². The van der Waals surface area contributed by atoms with Crippen molar-refractivity contribution in [1.82, 2.24) is 5.32 Å². The second-order valence-corrected chi connectivity index (χ2v) is 3.95. The maximum absolute atomic E-state index is 11.9. The van der Waals surface area contributed by atoms with E-state index in [1.54, 1.807) is 0 Å². The Kier molecular flexibility index (Phi) is 4.65. The van der Waals surface area contributed by atoms with Gasteiger partial charge in [-0.05, 0) is 25.0 Å². The third-order valence-electron chi connectivity index (χ3n) is 2.74. The zero-order valence-corrected chi connectivity index (χ0v) is 10.3. The van der Waals surface area contributed by atoms with Crippen LogP contribution in [0.2, 0.25) is 0 Å².